The summed E-state index contributed by atoms with van der Waals surface area (Å²) < 4.78 is 11.2. The van der Waals surface area contributed by atoms with Crippen molar-refractivity contribution in [3.63, 3.8) is 0 Å². The molecule has 0 bridgehead atoms. The van der Waals surface area contributed by atoms with Gasteiger partial charge < -0.3 is 9.47 Å². The van der Waals surface area contributed by atoms with Gasteiger partial charge in [0.05, 0.1) is 25.0 Å². The monoisotopic (exact) mass is 508 g/mol. The third-order valence-corrected chi connectivity index (χ3v) is 8.96. The van der Waals surface area contributed by atoms with Crippen molar-refractivity contribution in [2.75, 3.05) is 13.2 Å². The Morgan fingerprint density at radius 3 is 1.17 bits per heavy atom. The molecule has 0 heterocycles. The van der Waals surface area contributed by atoms with Gasteiger partial charge in [-0.1, -0.05) is 92.9 Å². The topological polar surface area (TPSA) is 52.6 Å². The van der Waals surface area contributed by atoms with Gasteiger partial charge in [-0.15, -0.1) is 0 Å². The van der Waals surface area contributed by atoms with E-state index in [0.29, 0.717) is 25.0 Å². The predicted octanol–water partition coefficient (Wildman–Crippen LogP) is 9.14. The van der Waals surface area contributed by atoms with Crippen molar-refractivity contribution in [2.45, 2.75) is 144 Å². The van der Waals surface area contributed by atoms with Crippen LogP contribution >= 0.6 is 0 Å². The second kappa shape index (κ2) is 20.0. The molecule has 4 nitrogen and oxygen atoms in total. The molecule has 0 N–H and O–H groups in total. The maximum atomic E-state index is 12.5. The van der Waals surface area contributed by atoms with E-state index < -0.39 is 0 Å². The fraction of sp³-hybridized carbons (Fsp3) is 0.938. The zero-order valence-corrected chi connectivity index (χ0v) is 24.8. The minimum absolute atomic E-state index is 0.0468. The Bertz CT molecular complexity index is 517. The molecule has 4 atom stereocenters. The molecule has 4 unspecified atom stereocenters. The van der Waals surface area contributed by atoms with Gasteiger partial charge in [0.15, 0.2) is 0 Å². The summed E-state index contributed by atoms with van der Waals surface area (Å²) in [7, 11) is 0. The molecule has 0 aliphatic heterocycles. The molecule has 0 aromatic carbocycles. The molecule has 1 fully saturated rings. The maximum Gasteiger partial charge on any atom is 0.308 e. The van der Waals surface area contributed by atoms with Crippen LogP contribution < -0.4 is 0 Å². The van der Waals surface area contributed by atoms with Crippen LogP contribution in [0.15, 0.2) is 0 Å². The van der Waals surface area contributed by atoms with E-state index in [1.54, 1.807) is 0 Å². The Morgan fingerprint density at radius 2 is 0.861 bits per heavy atom. The third kappa shape index (κ3) is 14.0. The highest BCUT2D eigenvalue weighted by Crippen LogP contribution is 2.31. The average molecular weight is 509 g/mol. The molecule has 1 aliphatic rings. The van der Waals surface area contributed by atoms with Crippen LogP contribution in [0.25, 0.3) is 0 Å². The molecule has 0 aromatic rings. The van der Waals surface area contributed by atoms with E-state index in [0.717, 1.165) is 63.2 Å². The lowest BCUT2D eigenvalue weighted by Crippen LogP contribution is -2.28. The van der Waals surface area contributed by atoms with Crippen molar-refractivity contribution in [3.8, 4) is 0 Å². The van der Waals surface area contributed by atoms with Crippen LogP contribution in [0, 0.1) is 35.5 Å². The van der Waals surface area contributed by atoms with Crippen molar-refractivity contribution in [1.29, 1.82) is 0 Å². The first-order valence-corrected chi connectivity index (χ1v) is 15.6. The van der Waals surface area contributed by atoms with Gasteiger partial charge in [-0.3, -0.25) is 9.59 Å². The first-order valence-electron chi connectivity index (χ1n) is 15.6. The number of hydrogen-bond donors (Lipinski definition) is 0. The van der Waals surface area contributed by atoms with Crippen molar-refractivity contribution >= 4 is 11.9 Å². The molecular weight excluding hydrogens is 448 g/mol. The molecule has 0 aromatic heterocycles. The highest BCUT2D eigenvalue weighted by atomic mass is 16.5. The fourth-order valence-electron chi connectivity index (χ4n) is 5.53. The highest BCUT2D eigenvalue weighted by Gasteiger charge is 2.31. The number of carbonyl (C=O) groups excluding carboxylic acids is 2. The fourth-order valence-corrected chi connectivity index (χ4v) is 5.53. The number of carbonyl (C=O) groups is 2. The largest absolute Gasteiger partial charge is 0.465 e. The number of hydrogen-bond acceptors (Lipinski definition) is 4. The van der Waals surface area contributed by atoms with Gasteiger partial charge >= 0.3 is 11.9 Å². The first kappa shape index (κ1) is 33.0. The molecule has 0 amide bonds. The molecule has 1 rings (SSSR count). The smallest absolute Gasteiger partial charge is 0.308 e. The van der Waals surface area contributed by atoms with E-state index in [4.69, 9.17) is 9.47 Å². The zero-order chi connectivity index (χ0) is 26.8. The minimum Gasteiger partial charge on any atom is -0.465 e. The van der Waals surface area contributed by atoms with Crippen LogP contribution in [-0.2, 0) is 19.1 Å². The number of rotatable bonds is 20. The molecule has 0 saturated heterocycles. The van der Waals surface area contributed by atoms with Gasteiger partial charge in [0.2, 0.25) is 0 Å². The van der Waals surface area contributed by atoms with E-state index in [9.17, 15) is 9.59 Å². The van der Waals surface area contributed by atoms with E-state index >= 15 is 0 Å². The summed E-state index contributed by atoms with van der Waals surface area (Å²) in [6.07, 6.45) is 17.6. The number of esters is 2. The SMILES string of the molecule is CCCCCC(C)C(C)CCCOC(=O)C1CCC(C(=O)OCCCC(C)C(C)CCCCC)CC1. The van der Waals surface area contributed by atoms with Gasteiger partial charge in [0.1, 0.15) is 0 Å². The highest BCUT2D eigenvalue weighted by molar-refractivity contribution is 5.75. The van der Waals surface area contributed by atoms with Crippen LogP contribution in [-0.4, -0.2) is 25.2 Å². The summed E-state index contributed by atoms with van der Waals surface area (Å²) in [6, 6.07) is 0. The van der Waals surface area contributed by atoms with Gasteiger partial charge in [0, 0.05) is 0 Å². The van der Waals surface area contributed by atoms with Gasteiger partial charge in [-0.2, -0.15) is 0 Å². The zero-order valence-electron chi connectivity index (χ0n) is 24.8. The predicted molar refractivity (Wildman–Crippen MR) is 151 cm³/mol. The average Bonchev–Trinajstić information content (AvgIpc) is 2.88. The van der Waals surface area contributed by atoms with Crippen LogP contribution in [0.4, 0.5) is 0 Å². The Morgan fingerprint density at radius 1 is 0.556 bits per heavy atom. The maximum absolute atomic E-state index is 12.5. The van der Waals surface area contributed by atoms with Crippen molar-refractivity contribution in [2.24, 2.45) is 35.5 Å². The van der Waals surface area contributed by atoms with Gasteiger partial charge in [0.25, 0.3) is 0 Å². The van der Waals surface area contributed by atoms with Crippen LogP contribution in [0.2, 0.25) is 0 Å². The molecule has 0 radical (unpaired) electrons. The molecule has 4 heteroatoms. The molecule has 212 valence electrons. The van der Waals surface area contributed by atoms with E-state index in [1.165, 1.54) is 51.4 Å². The second-order valence-corrected chi connectivity index (χ2v) is 12.1. The summed E-state index contributed by atoms with van der Waals surface area (Å²) in [6.45, 7) is 14.9. The van der Waals surface area contributed by atoms with E-state index in [2.05, 4.69) is 41.5 Å². The van der Waals surface area contributed by atoms with Crippen LogP contribution in [0.3, 0.4) is 0 Å². The summed E-state index contributed by atoms with van der Waals surface area (Å²) in [4.78, 5) is 25.0. The Labute approximate surface area is 224 Å². The Kier molecular flexibility index (Phi) is 18.3. The normalized spacial score (nSPS) is 21.4. The van der Waals surface area contributed by atoms with Crippen LogP contribution in [0.5, 0.6) is 0 Å². The number of ether oxygens (including phenoxy) is 2. The van der Waals surface area contributed by atoms with Gasteiger partial charge in [-0.05, 0) is 75.0 Å². The minimum atomic E-state index is -0.0625. The lowest BCUT2D eigenvalue weighted by atomic mass is 9.82. The molecule has 1 aliphatic carbocycles. The first-order chi connectivity index (χ1) is 17.3. The third-order valence-electron chi connectivity index (χ3n) is 8.96. The second-order valence-electron chi connectivity index (χ2n) is 12.1. The Hall–Kier alpha value is -1.06. The van der Waals surface area contributed by atoms with Crippen LogP contribution in [0.1, 0.15) is 144 Å². The van der Waals surface area contributed by atoms with Crippen molar-refractivity contribution < 1.29 is 19.1 Å². The quantitative estimate of drug-likeness (QED) is 0.121. The van der Waals surface area contributed by atoms with E-state index in [1.807, 2.05) is 0 Å². The summed E-state index contributed by atoms with van der Waals surface area (Å²) in [5.41, 5.74) is 0. The molecule has 36 heavy (non-hydrogen) atoms. The Balaban J connectivity index is 2.14. The lowest BCUT2D eigenvalue weighted by molar-refractivity contribution is -0.155. The summed E-state index contributed by atoms with van der Waals surface area (Å²) in [5, 5.41) is 0. The van der Waals surface area contributed by atoms with Gasteiger partial charge in [-0.25, -0.2) is 0 Å². The molecule has 1 saturated carbocycles. The standard InChI is InChI=1S/C32H60O4/c1-7-9-11-15-25(3)27(5)17-13-23-35-31(33)29-19-21-30(22-20-29)32(34)36-24-14-18-28(6)26(4)16-12-10-8-2/h25-30H,7-24H2,1-6H3. The summed E-state index contributed by atoms with van der Waals surface area (Å²) >= 11 is 0. The summed E-state index contributed by atoms with van der Waals surface area (Å²) in [5.74, 6) is 2.62. The molecular formula is C32H60O4. The van der Waals surface area contributed by atoms with Crippen molar-refractivity contribution in [1.82, 2.24) is 0 Å². The lowest BCUT2D eigenvalue weighted by Gasteiger charge is -2.26. The molecule has 0 spiro atoms. The van der Waals surface area contributed by atoms with Crippen molar-refractivity contribution in [3.05, 3.63) is 0 Å². The number of unbranched alkanes of at least 4 members (excludes halogenated alkanes) is 4. The van der Waals surface area contributed by atoms with E-state index in [-0.39, 0.29) is 23.8 Å².